The summed E-state index contributed by atoms with van der Waals surface area (Å²) >= 11 is 0. The van der Waals surface area contributed by atoms with Gasteiger partial charge in [-0.25, -0.2) is 0 Å². The molecule has 1 saturated heterocycles. The van der Waals surface area contributed by atoms with Crippen molar-refractivity contribution in [2.24, 2.45) is 0 Å². The molecule has 4 unspecified atom stereocenters. The van der Waals surface area contributed by atoms with Gasteiger partial charge >= 0.3 is 0 Å². The predicted molar refractivity (Wildman–Crippen MR) is 115 cm³/mol. The van der Waals surface area contributed by atoms with Crippen molar-refractivity contribution in [1.82, 2.24) is 15.1 Å². The molecule has 0 bridgehead atoms. The first-order valence-corrected chi connectivity index (χ1v) is 10.8. The zero-order valence-electron chi connectivity index (χ0n) is 17.7. The van der Waals surface area contributed by atoms with E-state index in [1.807, 2.05) is 36.4 Å². The Morgan fingerprint density at radius 3 is 2.72 bits per heavy atom. The highest BCUT2D eigenvalue weighted by molar-refractivity contribution is 6.01. The van der Waals surface area contributed by atoms with Crippen molar-refractivity contribution in [2.45, 2.75) is 44.1 Å². The van der Waals surface area contributed by atoms with Gasteiger partial charge in [0.05, 0.1) is 12.1 Å². The molecule has 4 atom stereocenters. The molecule has 2 aromatic rings. The lowest BCUT2D eigenvalue weighted by Gasteiger charge is -2.31. The number of fused-ring (bicyclic) bond motifs is 2. The van der Waals surface area contributed by atoms with E-state index in [0.29, 0.717) is 18.7 Å². The molecule has 1 fully saturated rings. The zero-order valence-corrected chi connectivity index (χ0v) is 17.7. The fourth-order valence-electron chi connectivity index (χ4n) is 4.82. The Balaban J connectivity index is 1.30. The molecule has 8 nitrogen and oxygen atoms in total. The summed E-state index contributed by atoms with van der Waals surface area (Å²) in [6.07, 6.45) is -0.631. The third-order valence-corrected chi connectivity index (χ3v) is 6.56. The van der Waals surface area contributed by atoms with Crippen LogP contribution in [0.1, 0.15) is 40.9 Å². The minimum atomic E-state index is -0.798. The topological polar surface area (TPSA) is 99.2 Å². The Bertz CT molecular complexity index is 1090. The highest BCUT2D eigenvalue weighted by Crippen LogP contribution is 2.32. The molecule has 2 aromatic carbocycles. The number of hydrogen-bond acceptors (Lipinski definition) is 5. The van der Waals surface area contributed by atoms with E-state index in [-0.39, 0.29) is 36.7 Å². The third-order valence-electron chi connectivity index (χ3n) is 6.56. The molecule has 0 aliphatic carbocycles. The number of carbonyl (C=O) groups is 3. The lowest BCUT2D eigenvalue weighted by atomic mass is 10.1. The highest BCUT2D eigenvalue weighted by atomic mass is 16.5. The molecule has 3 aliphatic rings. The van der Waals surface area contributed by atoms with Gasteiger partial charge in [-0.1, -0.05) is 36.4 Å². The number of nitrogens with zero attached hydrogens (tertiary/aromatic N) is 2. The van der Waals surface area contributed by atoms with Crippen molar-refractivity contribution < 1.29 is 24.2 Å². The second kappa shape index (κ2) is 7.94. The number of nitrogens with one attached hydrogen (secondary N) is 1. The van der Waals surface area contributed by atoms with Crippen molar-refractivity contribution in [3.8, 4) is 5.75 Å². The molecule has 8 heteroatoms. The van der Waals surface area contributed by atoms with Gasteiger partial charge in [-0.3, -0.25) is 14.4 Å². The smallest absolute Gasteiger partial charge is 0.255 e. The maximum absolute atomic E-state index is 13.3. The summed E-state index contributed by atoms with van der Waals surface area (Å²) in [5, 5.41) is 13.2. The van der Waals surface area contributed by atoms with Crippen LogP contribution < -0.4 is 10.1 Å². The van der Waals surface area contributed by atoms with Crippen LogP contribution in [0, 0.1) is 0 Å². The number of carbonyl (C=O) groups excluding carboxylic acids is 3. The van der Waals surface area contributed by atoms with E-state index in [2.05, 4.69) is 5.32 Å². The van der Waals surface area contributed by atoms with E-state index in [0.717, 1.165) is 16.9 Å². The molecule has 0 saturated carbocycles. The Labute approximate surface area is 185 Å². The van der Waals surface area contributed by atoms with E-state index < -0.39 is 18.2 Å². The van der Waals surface area contributed by atoms with Crippen molar-refractivity contribution in [3.63, 3.8) is 0 Å². The van der Waals surface area contributed by atoms with Crippen LogP contribution in [0.5, 0.6) is 5.75 Å². The molecule has 3 aliphatic heterocycles. The summed E-state index contributed by atoms with van der Waals surface area (Å²) in [6.45, 7) is 2.41. The summed E-state index contributed by atoms with van der Waals surface area (Å²) in [5.41, 5.74) is 2.38. The molecule has 2 N–H and O–H groups in total. The Morgan fingerprint density at radius 2 is 1.91 bits per heavy atom. The Hall–Kier alpha value is -3.39. The van der Waals surface area contributed by atoms with Crippen LogP contribution in [-0.2, 0) is 16.1 Å². The first kappa shape index (κ1) is 20.5. The number of para-hydroxylation sites is 1. The Kier molecular flexibility index (Phi) is 5.09. The molecular weight excluding hydrogens is 410 g/mol. The zero-order chi connectivity index (χ0) is 22.4. The average Bonchev–Trinajstić information content (AvgIpc) is 3.49. The van der Waals surface area contributed by atoms with Gasteiger partial charge in [-0.15, -0.1) is 0 Å². The number of β-amino-alcohol motifs (C(OH)–C–C–N with tert-alkyl or cyclic N) is 1. The molecular formula is C24H25N3O5. The average molecular weight is 435 g/mol. The number of benzene rings is 2. The maximum atomic E-state index is 13.3. The standard InChI is InChI=1S/C24H25N3O5/c1-14(26-11-15-6-2-3-7-17(15)24(26)31)23(30)27-12-16(28)10-20(27)22(29)25-19-13-32-21-9-5-4-8-18(19)21/h2-9,14,16,19-20,28H,10-13H2,1H3,(H,25,29). The SMILES string of the molecule is CC(C(=O)N1CC(O)CC1C(=O)NC1COc2ccccc21)N1Cc2ccccc2C1=O. The second-order valence-corrected chi connectivity index (χ2v) is 8.57. The van der Waals surface area contributed by atoms with E-state index in [1.54, 1.807) is 19.1 Å². The molecule has 3 heterocycles. The number of aliphatic hydroxyl groups is 1. The minimum absolute atomic E-state index is 0.0635. The summed E-state index contributed by atoms with van der Waals surface area (Å²) < 4.78 is 5.63. The van der Waals surface area contributed by atoms with Gasteiger partial charge in [0, 0.05) is 30.6 Å². The van der Waals surface area contributed by atoms with Gasteiger partial charge in [-0.05, 0) is 24.6 Å². The fourth-order valence-corrected chi connectivity index (χ4v) is 4.82. The minimum Gasteiger partial charge on any atom is -0.491 e. The fraction of sp³-hybridized carbons (Fsp3) is 0.375. The molecule has 32 heavy (non-hydrogen) atoms. The summed E-state index contributed by atoms with van der Waals surface area (Å²) in [7, 11) is 0. The highest BCUT2D eigenvalue weighted by Gasteiger charge is 2.44. The second-order valence-electron chi connectivity index (χ2n) is 8.57. The first-order valence-electron chi connectivity index (χ1n) is 10.8. The number of likely N-dealkylation sites (tertiary alicyclic amines) is 1. The van der Waals surface area contributed by atoms with Crippen LogP contribution in [0.25, 0.3) is 0 Å². The number of rotatable bonds is 4. The summed E-state index contributed by atoms with van der Waals surface area (Å²) in [4.78, 5) is 42.2. The summed E-state index contributed by atoms with van der Waals surface area (Å²) in [6, 6.07) is 13.0. The Morgan fingerprint density at radius 1 is 1.16 bits per heavy atom. The van der Waals surface area contributed by atoms with Crippen molar-refractivity contribution in [2.75, 3.05) is 13.2 Å². The van der Waals surface area contributed by atoms with Crippen LogP contribution in [0.4, 0.5) is 0 Å². The largest absolute Gasteiger partial charge is 0.491 e. The van der Waals surface area contributed by atoms with Gasteiger partial charge in [0.25, 0.3) is 5.91 Å². The van der Waals surface area contributed by atoms with Gasteiger partial charge in [-0.2, -0.15) is 0 Å². The van der Waals surface area contributed by atoms with E-state index in [1.165, 1.54) is 9.80 Å². The number of hydrogen-bond donors (Lipinski definition) is 2. The van der Waals surface area contributed by atoms with Gasteiger partial charge in [0.15, 0.2) is 0 Å². The molecule has 5 rings (SSSR count). The van der Waals surface area contributed by atoms with Crippen molar-refractivity contribution in [1.29, 1.82) is 0 Å². The van der Waals surface area contributed by atoms with E-state index >= 15 is 0 Å². The lowest BCUT2D eigenvalue weighted by molar-refractivity contribution is -0.142. The molecule has 0 radical (unpaired) electrons. The molecule has 0 aromatic heterocycles. The normalized spacial score (nSPS) is 24.7. The van der Waals surface area contributed by atoms with E-state index in [4.69, 9.17) is 4.74 Å². The van der Waals surface area contributed by atoms with Crippen LogP contribution in [-0.4, -0.2) is 64.0 Å². The van der Waals surface area contributed by atoms with Crippen LogP contribution in [0.3, 0.4) is 0 Å². The summed E-state index contributed by atoms with van der Waals surface area (Å²) in [5.74, 6) is -0.130. The van der Waals surface area contributed by atoms with Crippen molar-refractivity contribution in [3.05, 3.63) is 65.2 Å². The van der Waals surface area contributed by atoms with Gasteiger partial charge in [0.1, 0.15) is 24.4 Å². The van der Waals surface area contributed by atoms with Crippen molar-refractivity contribution >= 4 is 17.7 Å². The third kappa shape index (κ3) is 3.40. The molecule has 166 valence electrons. The molecule has 0 spiro atoms. The lowest BCUT2D eigenvalue weighted by Crippen LogP contribution is -2.53. The monoisotopic (exact) mass is 435 g/mol. The number of amides is 3. The van der Waals surface area contributed by atoms with E-state index in [9.17, 15) is 19.5 Å². The maximum Gasteiger partial charge on any atom is 0.255 e. The predicted octanol–water partition coefficient (Wildman–Crippen LogP) is 1.24. The number of ether oxygens (including phenoxy) is 1. The van der Waals surface area contributed by atoms with Gasteiger partial charge in [0.2, 0.25) is 11.8 Å². The quantitative estimate of drug-likeness (QED) is 0.753. The number of aliphatic hydroxyl groups excluding tert-OH is 1. The van der Waals surface area contributed by atoms with Crippen LogP contribution >= 0.6 is 0 Å². The van der Waals surface area contributed by atoms with Crippen LogP contribution in [0.2, 0.25) is 0 Å². The molecule has 3 amide bonds. The van der Waals surface area contributed by atoms with Crippen LogP contribution in [0.15, 0.2) is 48.5 Å². The van der Waals surface area contributed by atoms with Gasteiger partial charge < -0.3 is 25.0 Å². The first-order chi connectivity index (χ1) is 15.4.